The molecule has 0 saturated carbocycles. The van der Waals surface area contributed by atoms with Gasteiger partial charge in [0.25, 0.3) is 5.91 Å². The third-order valence-electron chi connectivity index (χ3n) is 3.67. The summed E-state index contributed by atoms with van der Waals surface area (Å²) in [4.78, 5) is 17.4. The fourth-order valence-electron chi connectivity index (χ4n) is 2.60. The molecule has 2 N–H and O–H groups in total. The van der Waals surface area contributed by atoms with Gasteiger partial charge in [0.05, 0.1) is 5.69 Å². The molecule has 0 bridgehead atoms. The van der Waals surface area contributed by atoms with Gasteiger partial charge in [-0.3, -0.25) is 9.69 Å². The molecule has 1 amide bonds. The number of amides is 1. The number of carbonyl (C=O) groups excluding carboxylic acids is 1. The van der Waals surface area contributed by atoms with E-state index in [1.54, 1.807) is 6.07 Å². The highest BCUT2D eigenvalue weighted by Gasteiger charge is 2.30. The number of hydrogen-bond acceptors (Lipinski definition) is 4. The molecular formula is C13H21N3OS. The van der Waals surface area contributed by atoms with E-state index in [9.17, 15) is 4.79 Å². The Bertz CT molecular complexity index is 414. The zero-order valence-corrected chi connectivity index (χ0v) is 11.9. The lowest BCUT2D eigenvalue weighted by molar-refractivity contribution is 0.0783. The predicted molar refractivity (Wildman–Crippen MR) is 76.0 cm³/mol. The lowest BCUT2D eigenvalue weighted by atomic mass is 10.2. The van der Waals surface area contributed by atoms with E-state index in [1.165, 1.54) is 11.3 Å². The Morgan fingerprint density at radius 3 is 2.83 bits per heavy atom. The average molecular weight is 267 g/mol. The molecule has 18 heavy (non-hydrogen) atoms. The third kappa shape index (κ3) is 2.52. The number of hydrogen-bond donors (Lipinski definition) is 1. The summed E-state index contributed by atoms with van der Waals surface area (Å²) in [6.45, 7) is 8.11. The Morgan fingerprint density at radius 2 is 2.28 bits per heavy atom. The SMILES string of the molecule is CCN(CC)C1CCN(C(=O)c2sccc2N)C1. The number of rotatable bonds is 4. The maximum atomic E-state index is 12.3. The van der Waals surface area contributed by atoms with Gasteiger partial charge in [0.1, 0.15) is 4.88 Å². The Balaban J connectivity index is 2.01. The quantitative estimate of drug-likeness (QED) is 0.906. The highest BCUT2D eigenvalue weighted by molar-refractivity contribution is 7.12. The van der Waals surface area contributed by atoms with Crippen LogP contribution in [0.25, 0.3) is 0 Å². The molecule has 1 fully saturated rings. The van der Waals surface area contributed by atoms with Gasteiger partial charge in [-0.05, 0) is 31.0 Å². The van der Waals surface area contributed by atoms with Crippen molar-refractivity contribution in [1.82, 2.24) is 9.80 Å². The van der Waals surface area contributed by atoms with Crippen molar-refractivity contribution in [3.05, 3.63) is 16.3 Å². The van der Waals surface area contributed by atoms with Crippen LogP contribution in [0.15, 0.2) is 11.4 Å². The average Bonchev–Trinajstić information content (AvgIpc) is 2.99. The molecule has 5 heteroatoms. The largest absolute Gasteiger partial charge is 0.397 e. The van der Waals surface area contributed by atoms with Crippen LogP contribution in [0.5, 0.6) is 0 Å². The monoisotopic (exact) mass is 267 g/mol. The Kier molecular flexibility index (Phi) is 4.24. The second kappa shape index (κ2) is 5.71. The zero-order valence-electron chi connectivity index (χ0n) is 11.1. The fourth-order valence-corrected chi connectivity index (χ4v) is 3.39. The summed E-state index contributed by atoms with van der Waals surface area (Å²) in [7, 11) is 0. The lowest BCUT2D eigenvalue weighted by Crippen LogP contribution is -2.38. The molecule has 0 aromatic carbocycles. The summed E-state index contributed by atoms with van der Waals surface area (Å²) in [6, 6.07) is 2.31. The van der Waals surface area contributed by atoms with Gasteiger partial charge in [-0.25, -0.2) is 0 Å². The molecule has 1 unspecified atom stereocenters. The molecule has 1 aliphatic heterocycles. The molecule has 1 aromatic heterocycles. The number of likely N-dealkylation sites (N-methyl/N-ethyl adjacent to an activating group) is 1. The Hall–Kier alpha value is -1.07. The number of nitrogens with zero attached hydrogens (tertiary/aromatic N) is 2. The summed E-state index contributed by atoms with van der Waals surface area (Å²) in [5, 5.41) is 1.88. The van der Waals surface area contributed by atoms with E-state index in [1.807, 2.05) is 10.3 Å². The Morgan fingerprint density at radius 1 is 1.56 bits per heavy atom. The van der Waals surface area contributed by atoms with Crippen molar-refractivity contribution in [3.63, 3.8) is 0 Å². The predicted octanol–water partition coefficient (Wildman–Crippen LogP) is 1.89. The normalized spacial score (nSPS) is 19.7. The molecule has 1 saturated heterocycles. The molecular weight excluding hydrogens is 246 g/mol. The topological polar surface area (TPSA) is 49.6 Å². The zero-order chi connectivity index (χ0) is 13.1. The fraction of sp³-hybridized carbons (Fsp3) is 0.615. The van der Waals surface area contributed by atoms with Crippen molar-refractivity contribution >= 4 is 22.9 Å². The number of nitrogens with two attached hydrogens (primary N) is 1. The smallest absolute Gasteiger partial charge is 0.266 e. The Labute approximate surface area is 112 Å². The lowest BCUT2D eigenvalue weighted by Gasteiger charge is -2.26. The van der Waals surface area contributed by atoms with Crippen LogP contribution in [0.1, 0.15) is 29.9 Å². The first-order valence-corrected chi connectivity index (χ1v) is 7.41. The van der Waals surface area contributed by atoms with E-state index in [0.717, 1.165) is 32.6 Å². The summed E-state index contributed by atoms with van der Waals surface area (Å²) < 4.78 is 0. The number of nitrogen functional groups attached to an aromatic ring is 1. The van der Waals surface area contributed by atoms with Crippen LogP contribution in [-0.2, 0) is 0 Å². The molecule has 4 nitrogen and oxygen atoms in total. The van der Waals surface area contributed by atoms with Crippen LogP contribution in [0.2, 0.25) is 0 Å². The van der Waals surface area contributed by atoms with Gasteiger partial charge in [0.2, 0.25) is 0 Å². The minimum atomic E-state index is 0.0946. The van der Waals surface area contributed by atoms with Gasteiger partial charge in [-0.15, -0.1) is 11.3 Å². The number of anilines is 1. The van der Waals surface area contributed by atoms with E-state index >= 15 is 0 Å². The van der Waals surface area contributed by atoms with Crippen LogP contribution in [0, 0.1) is 0 Å². The van der Waals surface area contributed by atoms with Gasteiger partial charge >= 0.3 is 0 Å². The maximum absolute atomic E-state index is 12.3. The minimum absolute atomic E-state index is 0.0946. The van der Waals surface area contributed by atoms with E-state index in [-0.39, 0.29) is 5.91 Å². The second-order valence-electron chi connectivity index (χ2n) is 4.62. The molecule has 1 aliphatic rings. The standard InChI is InChI=1S/C13H21N3OS/c1-3-15(4-2)10-5-7-16(9-10)13(17)12-11(14)6-8-18-12/h6,8,10H,3-5,7,9,14H2,1-2H3. The van der Waals surface area contributed by atoms with Gasteiger partial charge < -0.3 is 10.6 Å². The van der Waals surface area contributed by atoms with E-state index < -0.39 is 0 Å². The summed E-state index contributed by atoms with van der Waals surface area (Å²) in [5.74, 6) is 0.0946. The van der Waals surface area contributed by atoms with Crippen molar-refractivity contribution < 1.29 is 4.79 Å². The van der Waals surface area contributed by atoms with Crippen LogP contribution in [0.3, 0.4) is 0 Å². The molecule has 2 heterocycles. The number of carbonyl (C=O) groups is 1. The number of thiophene rings is 1. The van der Waals surface area contributed by atoms with Gasteiger partial charge in [0, 0.05) is 19.1 Å². The van der Waals surface area contributed by atoms with Crippen molar-refractivity contribution in [1.29, 1.82) is 0 Å². The summed E-state index contributed by atoms with van der Waals surface area (Å²) in [5.41, 5.74) is 6.42. The van der Waals surface area contributed by atoms with Crippen molar-refractivity contribution in [2.45, 2.75) is 26.3 Å². The third-order valence-corrected chi connectivity index (χ3v) is 4.59. The first-order chi connectivity index (χ1) is 8.67. The van der Waals surface area contributed by atoms with Crippen LogP contribution in [0.4, 0.5) is 5.69 Å². The first kappa shape index (κ1) is 13.4. The van der Waals surface area contributed by atoms with Crippen LogP contribution < -0.4 is 5.73 Å². The molecule has 0 radical (unpaired) electrons. The minimum Gasteiger partial charge on any atom is -0.397 e. The van der Waals surface area contributed by atoms with Gasteiger partial charge in [0.15, 0.2) is 0 Å². The second-order valence-corrected chi connectivity index (χ2v) is 5.54. The van der Waals surface area contributed by atoms with Gasteiger partial charge in [-0.1, -0.05) is 13.8 Å². The highest BCUT2D eigenvalue weighted by Crippen LogP contribution is 2.24. The van der Waals surface area contributed by atoms with Gasteiger partial charge in [-0.2, -0.15) is 0 Å². The van der Waals surface area contributed by atoms with Crippen LogP contribution >= 0.6 is 11.3 Å². The molecule has 2 rings (SSSR count). The highest BCUT2D eigenvalue weighted by atomic mass is 32.1. The van der Waals surface area contributed by atoms with Crippen molar-refractivity contribution in [3.8, 4) is 0 Å². The molecule has 1 atom stereocenters. The number of likely N-dealkylation sites (tertiary alicyclic amines) is 1. The van der Waals surface area contributed by atoms with Crippen LogP contribution in [-0.4, -0.2) is 47.9 Å². The molecule has 0 spiro atoms. The summed E-state index contributed by atoms with van der Waals surface area (Å²) >= 11 is 1.44. The van der Waals surface area contributed by atoms with Crippen molar-refractivity contribution in [2.24, 2.45) is 0 Å². The first-order valence-electron chi connectivity index (χ1n) is 6.53. The van der Waals surface area contributed by atoms with Crippen molar-refractivity contribution in [2.75, 3.05) is 31.9 Å². The maximum Gasteiger partial charge on any atom is 0.266 e. The molecule has 1 aromatic rings. The summed E-state index contributed by atoms with van der Waals surface area (Å²) in [6.07, 6.45) is 1.07. The van der Waals surface area contributed by atoms with E-state index in [0.29, 0.717) is 16.6 Å². The molecule has 0 aliphatic carbocycles. The molecule has 100 valence electrons. The van der Waals surface area contributed by atoms with E-state index in [4.69, 9.17) is 5.73 Å². The van der Waals surface area contributed by atoms with E-state index in [2.05, 4.69) is 18.7 Å².